The smallest absolute Gasteiger partial charge is 0.270 e. The quantitative estimate of drug-likeness (QED) is 0.483. The molecule has 0 amide bonds. The van der Waals surface area contributed by atoms with E-state index in [9.17, 15) is 10.1 Å². The molecule has 98 valence electrons. The highest BCUT2D eigenvalue weighted by atomic mass is 127. The van der Waals surface area contributed by atoms with Crippen LogP contribution in [0.5, 0.6) is 0 Å². The van der Waals surface area contributed by atoms with Crippen LogP contribution >= 0.6 is 22.6 Å². The first kappa shape index (κ1) is 13.5. The zero-order valence-electron chi connectivity index (χ0n) is 9.69. The summed E-state index contributed by atoms with van der Waals surface area (Å²) >= 11 is 2.09. The summed E-state index contributed by atoms with van der Waals surface area (Å²) in [5, 5.41) is 17.1. The first-order valence-corrected chi connectivity index (χ1v) is 6.75. The molecule has 1 unspecified atom stereocenters. The number of non-ortho nitro benzene ring substituents is 1. The topological polar surface area (TPSA) is 76.4 Å². The number of rotatable bonds is 4. The van der Waals surface area contributed by atoms with Gasteiger partial charge < -0.3 is 15.4 Å². The van der Waals surface area contributed by atoms with E-state index in [1.165, 1.54) is 6.07 Å². The molecule has 2 N–H and O–H groups in total. The van der Waals surface area contributed by atoms with E-state index < -0.39 is 0 Å². The Bertz CT molecular complexity index is 436. The van der Waals surface area contributed by atoms with Gasteiger partial charge in [-0.1, -0.05) is 0 Å². The minimum atomic E-state index is -0.389. The molecule has 0 radical (unpaired) electrons. The lowest BCUT2D eigenvalue weighted by atomic mass is 10.2. The Morgan fingerprint density at radius 3 is 3.06 bits per heavy atom. The predicted molar refractivity (Wildman–Crippen MR) is 76.9 cm³/mol. The number of hydrogen-bond acceptors (Lipinski definition) is 5. The summed E-state index contributed by atoms with van der Waals surface area (Å²) in [6.45, 7) is 3.15. The third kappa shape index (κ3) is 3.53. The number of nitrogens with zero attached hydrogens (tertiary/aromatic N) is 1. The molecule has 0 aliphatic carbocycles. The summed E-state index contributed by atoms with van der Waals surface area (Å²) in [5.74, 6) is 0. The summed E-state index contributed by atoms with van der Waals surface area (Å²) in [6, 6.07) is 4.80. The maximum Gasteiger partial charge on any atom is 0.270 e. The molecule has 0 bridgehead atoms. The van der Waals surface area contributed by atoms with Crippen LogP contribution in [-0.2, 0) is 4.74 Å². The van der Waals surface area contributed by atoms with Gasteiger partial charge in [-0.05, 0) is 28.7 Å². The number of nitrogens with one attached hydrogen (secondary N) is 2. The minimum absolute atomic E-state index is 0.112. The van der Waals surface area contributed by atoms with E-state index in [1.54, 1.807) is 12.1 Å². The Kier molecular flexibility index (Phi) is 4.72. The minimum Gasteiger partial charge on any atom is -0.382 e. The van der Waals surface area contributed by atoms with Gasteiger partial charge in [-0.15, -0.1) is 0 Å². The molecule has 1 fully saturated rings. The van der Waals surface area contributed by atoms with Gasteiger partial charge in [0.05, 0.1) is 17.6 Å². The van der Waals surface area contributed by atoms with E-state index in [2.05, 4.69) is 33.2 Å². The summed E-state index contributed by atoms with van der Waals surface area (Å²) in [5.41, 5.74) is 1.01. The number of morpholine rings is 1. The summed E-state index contributed by atoms with van der Waals surface area (Å²) < 4.78 is 6.40. The molecule has 1 heterocycles. The second kappa shape index (κ2) is 6.30. The van der Waals surface area contributed by atoms with Crippen molar-refractivity contribution < 1.29 is 9.66 Å². The van der Waals surface area contributed by atoms with E-state index in [0.29, 0.717) is 6.54 Å². The molecule has 1 aliphatic heterocycles. The Morgan fingerprint density at radius 1 is 1.61 bits per heavy atom. The molecule has 1 aliphatic rings. The monoisotopic (exact) mass is 363 g/mol. The molecule has 1 atom stereocenters. The van der Waals surface area contributed by atoms with Crippen LogP contribution in [0.1, 0.15) is 0 Å². The van der Waals surface area contributed by atoms with Crippen LogP contribution in [0.2, 0.25) is 0 Å². The Hall–Kier alpha value is -0.930. The van der Waals surface area contributed by atoms with E-state index >= 15 is 0 Å². The van der Waals surface area contributed by atoms with Crippen molar-refractivity contribution in [3.8, 4) is 0 Å². The zero-order chi connectivity index (χ0) is 13.0. The molecule has 0 aromatic heterocycles. The lowest BCUT2D eigenvalue weighted by Gasteiger charge is -2.24. The molecule has 1 aromatic carbocycles. The fourth-order valence-electron chi connectivity index (χ4n) is 1.74. The highest BCUT2D eigenvalue weighted by Crippen LogP contribution is 2.23. The average molecular weight is 363 g/mol. The maximum absolute atomic E-state index is 10.6. The number of ether oxygens (including phenoxy) is 1. The van der Waals surface area contributed by atoms with Crippen molar-refractivity contribution in [1.29, 1.82) is 0 Å². The van der Waals surface area contributed by atoms with Gasteiger partial charge in [0, 0.05) is 41.0 Å². The van der Waals surface area contributed by atoms with Gasteiger partial charge in [-0.2, -0.15) is 0 Å². The molecule has 1 aromatic rings. The summed E-state index contributed by atoms with van der Waals surface area (Å²) in [4.78, 5) is 10.2. The third-order valence-corrected chi connectivity index (χ3v) is 3.58. The van der Waals surface area contributed by atoms with Crippen LogP contribution in [0.3, 0.4) is 0 Å². The van der Waals surface area contributed by atoms with Crippen LogP contribution in [0.25, 0.3) is 0 Å². The van der Waals surface area contributed by atoms with Crippen LogP contribution in [-0.4, -0.2) is 37.3 Å². The molecule has 0 saturated carbocycles. The highest BCUT2D eigenvalue weighted by molar-refractivity contribution is 14.1. The summed E-state index contributed by atoms with van der Waals surface area (Å²) in [7, 11) is 0. The Morgan fingerprint density at radius 2 is 2.44 bits per heavy atom. The first-order valence-electron chi connectivity index (χ1n) is 5.67. The number of nitro benzene ring substituents is 1. The van der Waals surface area contributed by atoms with Crippen molar-refractivity contribution >= 4 is 34.0 Å². The van der Waals surface area contributed by atoms with E-state index in [1.807, 2.05) is 0 Å². The number of halogens is 1. The molecule has 0 spiro atoms. The second-order valence-corrected chi connectivity index (χ2v) is 5.16. The van der Waals surface area contributed by atoms with Crippen molar-refractivity contribution in [2.24, 2.45) is 0 Å². The zero-order valence-corrected chi connectivity index (χ0v) is 11.8. The standard InChI is InChI=1S/C11H14IN3O3/c12-10-5-8(15(16)17)1-2-11(10)14-7-9-6-13-3-4-18-9/h1-2,5,9,13-14H,3-4,6-7H2. The number of hydrogen-bond donors (Lipinski definition) is 2. The Labute approximate surface area is 118 Å². The second-order valence-electron chi connectivity index (χ2n) is 4.00. The molecule has 1 saturated heterocycles. The van der Waals surface area contributed by atoms with Gasteiger partial charge in [-0.25, -0.2) is 0 Å². The molecular weight excluding hydrogens is 349 g/mol. The largest absolute Gasteiger partial charge is 0.382 e. The predicted octanol–water partition coefficient (Wildman–Crippen LogP) is 1.60. The Balaban J connectivity index is 1.94. The average Bonchev–Trinajstić information content (AvgIpc) is 2.38. The first-order chi connectivity index (χ1) is 8.66. The van der Waals surface area contributed by atoms with Gasteiger partial charge in [-0.3, -0.25) is 10.1 Å². The lowest BCUT2D eigenvalue weighted by Crippen LogP contribution is -2.42. The molecular formula is C11H14IN3O3. The maximum atomic E-state index is 10.6. The summed E-state index contributed by atoms with van der Waals surface area (Å²) in [6.07, 6.45) is 0.143. The van der Waals surface area contributed by atoms with Crippen molar-refractivity contribution in [1.82, 2.24) is 5.32 Å². The SMILES string of the molecule is O=[N+]([O-])c1ccc(NCC2CNCCO2)c(I)c1. The molecule has 7 heteroatoms. The molecule has 6 nitrogen and oxygen atoms in total. The lowest BCUT2D eigenvalue weighted by molar-refractivity contribution is -0.384. The van der Waals surface area contributed by atoms with Crippen LogP contribution in [0.15, 0.2) is 18.2 Å². The van der Waals surface area contributed by atoms with Crippen LogP contribution < -0.4 is 10.6 Å². The number of nitro groups is 1. The van der Waals surface area contributed by atoms with Gasteiger partial charge in [0.2, 0.25) is 0 Å². The molecule has 18 heavy (non-hydrogen) atoms. The van der Waals surface area contributed by atoms with Gasteiger partial charge in [0.1, 0.15) is 0 Å². The fraction of sp³-hybridized carbons (Fsp3) is 0.455. The van der Waals surface area contributed by atoms with Gasteiger partial charge in [0.25, 0.3) is 5.69 Å². The highest BCUT2D eigenvalue weighted by Gasteiger charge is 2.14. The van der Waals surface area contributed by atoms with Crippen molar-refractivity contribution in [3.63, 3.8) is 0 Å². The molecule has 2 rings (SSSR count). The van der Waals surface area contributed by atoms with Crippen molar-refractivity contribution in [2.75, 3.05) is 31.6 Å². The number of anilines is 1. The fourth-order valence-corrected chi connectivity index (χ4v) is 2.43. The third-order valence-electron chi connectivity index (χ3n) is 2.69. The van der Waals surface area contributed by atoms with E-state index in [4.69, 9.17) is 4.74 Å². The van der Waals surface area contributed by atoms with Crippen molar-refractivity contribution in [3.05, 3.63) is 31.9 Å². The van der Waals surface area contributed by atoms with Crippen LogP contribution in [0.4, 0.5) is 11.4 Å². The van der Waals surface area contributed by atoms with E-state index in [0.717, 1.165) is 29.0 Å². The normalized spacial score (nSPS) is 19.5. The van der Waals surface area contributed by atoms with E-state index in [-0.39, 0.29) is 16.7 Å². The van der Waals surface area contributed by atoms with Crippen molar-refractivity contribution in [2.45, 2.75) is 6.10 Å². The van der Waals surface area contributed by atoms with Gasteiger partial charge in [0.15, 0.2) is 0 Å². The van der Waals surface area contributed by atoms with Gasteiger partial charge >= 0.3 is 0 Å². The number of benzene rings is 1. The van der Waals surface area contributed by atoms with Crippen LogP contribution in [0, 0.1) is 13.7 Å².